The Morgan fingerprint density at radius 2 is 1.89 bits per heavy atom. The summed E-state index contributed by atoms with van der Waals surface area (Å²) in [7, 11) is 2.07. The van der Waals surface area contributed by atoms with Crippen LogP contribution in [0.1, 0.15) is 38.6 Å². The van der Waals surface area contributed by atoms with Crippen LogP contribution in [-0.2, 0) is 13.6 Å². The minimum atomic E-state index is 0.309. The molecule has 1 aromatic heterocycles. The zero-order valence-electron chi connectivity index (χ0n) is 12.8. The van der Waals surface area contributed by atoms with Crippen molar-refractivity contribution in [3.05, 3.63) is 17.7 Å². The van der Waals surface area contributed by atoms with Crippen molar-refractivity contribution in [1.82, 2.24) is 19.4 Å². The van der Waals surface area contributed by atoms with Gasteiger partial charge in [0.1, 0.15) is 0 Å². The minimum absolute atomic E-state index is 0.309. The fourth-order valence-electron chi connectivity index (χ4n) is 3.36. The Morgan fingerprint density at radius 1 is 1.26 bits per heavy atom. The third-order valence-corrected chi connectivity index (χ3v) is 4.96. The Hall–Kier alpha value is -0.870. The van der Waals surface area contributed by atoms with Crippen molar-refractivity contribution in [3.8, 4) is 0 Å². The smallest absolute Gasteiger partial charge is 0.0949 e. The Kier molecular flexibility index (Phi) is 2.98. The van der Waals surface area contributed by atoms with Crippen molar-refractivity contribution in [2.45, 2.75) is 58.3 Å². The normalized spacial score (nSPS) is 28.5. The van der Waals surface area contributed by atoms with Gasteiger partial charge in [-0.2, -0.15) is 0 Å². The van der Waals surface area contributed by atoms with E-state index in [1.54, 1.807) is 0 Å². The summed E-state index contributed by atoms with van der Waals surface area (Å²) >= 11 is 0. The average molecular weight is 262 g/mol. The molecule has 1 aromatic rings. The molecule has 19 heavy (non-hydrogen) atoms. The quantitative estimate of drug-likeness (QED) is 0.812. The molecule has 106 valence electrons. The van der Waals surface area contributed by atoms with Crippen LogP contribution in [0.5, 0.6) is 0 Å². The number of hydrogen-bond donors (Lipinski definition) is 0. The second-order valence-corrected chi connectivity index (χ2v) is 7.18. The number of aryl methyl sites for hydroxylation is 1. The number of piperidine rings is 1. The highest BCUT2D eigenvalue weighted by atomic mass is 15.4. The molecule has 2 saturated heterocycles. The molecule has 3 heterocycles. The fraction of sp³-hybridized carbons (Fsp3) is 0.800. The lowest BCUT2D eigenvalue weighted by Crippen LogP contribution is -2.70. The molecule has 0 amide bonds. The first kappa shape index (κ1) is 13.1. The molecule has 2 aliphatic rings. The molecule has 4 nitrogen and oxygen atoms in total. The van der Waals surface area contributed by atoms with Crippen molar-refractivity contribution in [2.75, 3.05) is 13.1 Å². The molecule has 0 N–H and O–H groups in total. The average Bonchev–Trinajstić information content (AvgIpc) is 2.66. The van der Waals surface area contributed by atoms with Gasteiger partial charge in [-0.3, -0.25) is 9.80 Å². The summed E-state index contributed by atoms with van der Waals surface area (Å²) in [5.41, 5.74) is 2.86. The number of fused-ring (bicyclic) bond motifs is 2. The molecular weight excluding hydrogens is 236 g/mol. The van der Waals surface area contributed by atoms with E-state index >= 15 is 0 Å². The number of piperazine rings is 1. The Morgan fingerprint density at radius 3 is 2.37 bits per heavy atom. The number of nitrogens with zero attached hydrogens (tertiary/aromatic N) is 4. The van der Waals surface area contributed by atoms with Crippen molar-refractivity contribution in [1.29, 1.82) is 0 Å². The lowest BCUT2D eigenvalue weighted by Gasteiger charge is -2.59. The van der Waals surface area contributed by atoms with E-state index in [1.165, 1.54) is 30.9 Å². The SMILES string of the molecule is Cc1c(CN2C3CC2CN(C(C)(C)C)C3)ncn1C. The molecule has 2 bridgehead atoms. The summed E-state index contributed by atoms with van der Waals surface area (Å²) in [6.07, 6.45) is 3.31. The zero-order chi connectivity index (χ0) is 13.8. The Balaban J connectivity index is 1.66. The lowest BCUT2D eigenvalue weighted by atomic mass is 9.84. The summed E-state index contributed by atoms with van der Waals surface area (Å²) in [5.74, 6) is 0. The zero-order valence-corrected chi connectivity index (χ0v) is 12.8. The van der Waals surface area contributed by atoms with Crippen LogP contribution in [0.4, 0.5) is 0 Å². The van der Waals surface area contributed by atoms with Crippen LogP contribution in [0, 0.1) is 6.92 Å². The minimum Gasteiger partial charge on any atom is -0.338 e. The standard InChI is InChI=1S/C15H26N4/c1-11-14(16-10-17(11)5)9-19-12-6-13(19)8-18(7-12)15(2,3)4/h10,12-13H,6-9H2,1-5H3. The summed E-state index contributed by atoms with van der Waals surface area (Å²) in [6, 6.07) is 1.47. The maximum atomic E-state index is 4.54. The van der Waals surface area contributed by atoms with E-state index in [0.29, 0.717) is 5.54 Å². The summed E-state index contributed by atoms with van der Waals surface area (Å²) in [5, 5.41) is 0. The van der Waals surface area contributed by atoms with Crippen molar-refractivity contribution >= 4 is 0 Å². The van der Waals surface area contributed by atoms with Gasteiger partial charge < -0.3 is 4.57 Å². The first-order valence-electron chi connectivity index (χ1n) is 7.34. The third kappa shape index (κ3) is 2.21. The van der Waals surface area contributed by atoms with Crippen LogP contribution in [-0.4, -0.2) is 50.1 Å². The number of hydrogen-bond acceptors (Lipinski definition) is 3. The molecule has 0 saturated carbocycles. The topological polar surface area (TPSA) is 24.3 Å². The second kappa shape index (κ2) is 4.32. The van der Waals surface area contributed by atoms with Crippen molar-refractivity contribution < 1.29 is 0 Å². The third-order valence-electron chi connectivity index (χ3n) is 4.96. The van der Waals surface area contributed by atoms with Gasteiger partial charge in [0.15, 0.2) is 0 Å². The molecule has 0 spiro atoms. The van der Waals surface area contributed by atoms with E-state index in [2.05, 4.69) is 54.1 Å². The van der Waals surface area contributed by atoms with Gasteiger partial charge in [-0.25, -0.2) is 4.98 Å². The van der Waals surface area contributed by atoms with Crippen LogP contribution < -0.4 is 0 Å². The van der Waals surface area contributed by atoms with Crippen molar-refractivity contribution in [3.63, 3.8) is 0 Å². The van der Waals surface area contributed by atoms with E-state index in [0.717, 1.165) is 18.6 Å². The van der Waals surface area contributed by atoms with Gasteiger partial charge in [-0.05, 0) is 34.1 Å². The molecule has 3 rings (SSSR count). The summed E-state index contributed by atoms with van der Waals surface area (Å²) < 4.78 is 2.12. The number of rotatable bonds is 2. The van der Waals surface area contributed by atoms with Crippen LogP contribution >= 0.6 is 0 Å². The van der Waals surface area contributed by atoms with Crippen LogP contribution in [0.15, 0.2) is 6.33 Å². The largest absolute Gasteiger partial charge is 0.338 e. The van der Waals surface area contributed by atoms with Crippen LogP contribution in [0.2, 0.25) is 0 Å². The van der Waals surface area contributed by atoms with E-state index in [-0.39, 0.29) is 0 Å². The highest BCUT2D eigenvalue weighted by Crippen LogP contribution is 2.36. The molecule has 2 aliphatic heterocycles. The summed E-state index contributed by atoms with van der Waals surface area (Å²) in [4.78, 5) is 9.82. The molecule has 4 heteroatoms. The Bertz CT molecular complexity index is 459. The van der Waals surface area contributed by atoms with Crippen molar-refractivity contribution in [2.24, 2.45) is 7.05 Å². The molecule has 0 radical (unpaired) electrons. The Labute approximate surface area is 116 Å². The highest BCUT2D eigenvalue weighted by molar-refractivity contribution is 5.13. The molecule has 0 aliphatic carbocycles. The number of imidazole rings is 1. The second-order valence-electron chi connectivity index (χ2n) is 7.18. The van der Waals surface area contributed by atoms with Gasteiger partial charge in [0.2, 0.25) is 0 Å². The van der Waals surface area contributed by atoms with Gasteiger partial charge in [-0.1, -0.05) is 0 Å². The monoisotopic (exact) mass is 262 g/mol. The van der Waals surface area contributed by atoms with Crippen LogP contribution in [0.3, 0.4) is 0 Å². The predicted molar refractivity (Wildman–Crippen MR) is 77.0 cm³/mol. The molecule has 0 aromatic carbocycles. The fourth-order valence-corrected chi connectivity index (χ4v) is 3.36. The van der Waals surface area contributed by atoms with E-state index in [1.807, 2.05) is 6.33 Å². The van der Waals surface area contributed by atoms with E-state index in [4.69, 9.17) is 0 Å². The molecule has 2 unspecified atom stereocenters. The highest BCUT2D eigenvalue weighted by Gasteiger charge is 2.46. The van der Waals surface area contributed by atoms with E-state index in [9.17, 15) is 0 Å². The van der Waals surface area contributed by atoms with Gasteiger partial charge in [-0.15, -0.1) is 0 Å². The van der Waals surface area contributed by atoms with Crippen LogP contribution in [0.25, 0.3) is 0 Å². The lowest BCUT2D eigenvalue weighted by molar-refractivity contribution is -0.100. The predicted octanol–water partition coefficient (Wildman–Crippen LogP) is 1.79. The van der Waals surface area contributed by atoms with Gasteiger partial charge in [0.25, 0.3) is 0 Å². The van der Waals surface area contributed by atoms with Gasteiger partial charge >= 0.3 is 0 Å². The van der Waals surface area contributed by atoms with Gasteiger partial charge in [0.05, 0.1) is 12.0 Å². The first-order chi connectivity index (χ1) is 8.86. The molecule has 2 fully saturated rings. The first-order valence-corrected chi connectivity index (χ1v) is 7.34. The number of aromatic nitrogens is 2. The molecular formula is C15H26N4. The number of likely N-dealkylation sites (tertiary alicyclic amines) is 2. The van der Waals surface area contributed by atoms with Gasteiger partial charge in [0, 0.05) is 50.0 Å². The summed E-state index contributed by atoms with van der Waals surface area (Å²) in [6.45, 7) is 12.6. The molecule has 2 atom stereocenters. The maximum Gasteiger partial charge on any atom is 0.0949 e. The maximum absolute atomic E-state index is 4.54. The van der Waals surface area contributed by atoms with E-state index < -0.39 is 0 Å².